The maximum absolute atomic E-state index is 12.0. The zero-order valence-corrected chi connectivity index (χ0v) is 11.9. The average Bonchev–Trinajstić information content (AvgIpc) is 2.48. The molecule has 0 bridgehead atoms. The number of carbonyl (C=O) groups excluding carboxylic acids is 1. The van der Waals surface area contributed by atoms with Gasteiger partial charge in [-0.05, 0) is 44.9 Å². The van der Waals surface area contributed by atoms with Gasteiger partial charge in [0.2, 0.25) is 0 Å². The van der Waals surface area contributed by atoms with Crippen LogP contribution in [0.4, 0.5) is 4.79 Å². The van der Waals surface area contributed by atoms with E-state index in [0.717, 1.165) is 6.42 Å². The molecular weight excluding hydrogens is 256 g/mol. The molecule has 0 radical (unpaired) electrons. The number of rotatable bonds is 4. The van der Waals surface area contributed by atoms with E-state index in [0.29, 0.717) is 32.5 Å². The van der Waals surface area contributed by atoms with E-state index >= 15 is 0 Å². The van der Waals surface area contributed by atoms with E-state index in [-0.39, 0.29) is 11.9 Å². The highest BCUT2D eigenvalue weighted by Crippen LogP contribution is 2.20. The van der Waals surface area contributed by atoms with E-state index in [1.54, 1.807) is 4.90 Å². The summed E-state index contributed by atoms with van der Waals surface area (Å²) in [5.41, 5.74) is 1.46. The second kappa shape index (κ2) is 7.31. The van der Waals surface area contributed by atoms with Gasteiger partial charge >= 0.3 is 12.0 Å². The lowest BCUT2D eigenvalue weighted by atomic mass is 9.97. The summed E-state index contributed by atoms with van der Waals surface area (Å²) >= 11 is 0. The molecule has 1 saturated heterocycles. The molecule has 0 aromatic heterocycles. The Bertz CT molecular complexity index is 385. The SMILES string of the molecule is O=C(O)C1CCN(C(=O)NCCC2=CCCCC2)CC1. The van der Waals surface area contributed by atoms with Gasteiger partial charge in [0.15, 0.2) is 0 Å². The second-order valence-electron chi connectivity index (χ2n) is 5.69. The zero-order valence-electron chi connectivity index (χ0n) is 11.9. The largest absolute Gasteiger partial charge is 0.481 e. The van der Waals surface area contributed by atoms with Crippen LogP contribution in [-0.2, 0) is 4.79 Å². The summed E-state index contributed by atoms with van der Waals surface area (Å²) in [6.45, 7) is 1.78. The molecule has 0 aromatic carbocycles. The number of nitrogens with zero attached hydrogens (tertiary/aromatic N) is 1. The Morgan fingerprint density at radius 2 is 2.05 bits per heavy atom. The molecule has 2 rings (SSSR count). The molecule has 1 aliphatic heterocycles. The third-order valence-electron chi connectivity index (χ3n) is 4.24. The van der Waals surface area contributed by atoms with Gasteiger partial charge in [0.05, 0.1) is 5.92 Å². The number of carbonyl (C=O) groups is 2. The fourth-order valence-electron chi connectivity index (χ4n) is 2.90. The molecule has 1 heterocycles. The summed E-state index contributed by atoms with van der Waals surface area (Å²) in [6, 6.07) is -0.0507. The van der Waals surface area contributed by atoms with Crippen LogP contribution >= 0.6 is 0 Å². The smallest absolute Gasteiger partial charge is 0.317 e. The number of hydrogen-bond donors (Lipinski definition) is 2. The minimum atomic E-state index is -0.741. The molecule has 0 aromatic rings. The Balaban J connectivity index is 1.65. The lowest BCUT2D eigenvalue weighted by Crippen LogP contribution is -2.45. The van der Waals surface area contributed by atoms with Crippen molar-refractivity contribution in [1.29, 1.82) is 0 Å². The van der Waals surface area contributed by atoms with Crippen LogP contribution in [0.2, 0.25) is 0 Å². The molecule has 2 amide bonds. The van der Waals surface area contributed by atoms with E-state index in [4.69, 9.17) is 5.11 Å². The topological polar surface area (TPSA) is 69.6 Å². The Morgan fingerprint density at radius 3 is 2.65 bits per heavy atom. The summed E-state index contributed by atoms with van der Waals surface area (Å²) in [5.74, 6) is -1.03. The molecule has 0 atom stereocenters. The molecule has 2 aliphatic rings. The van der Waals surface area contributed by atoms with Crippen molar-refractivity contribution >= 4 is 12.0 Å². The Morgan fingerprint density at radius 1 is 1.30 bits per heavy atom. The highest BCUT2D eigenvalue weighted by Gasteiger charge is 2.26. The van der Waals surface area contributed by atoms with E-state index in [9.17, 15) is 9.59 Å². The summed E-state index contributed by atoms with van der Waals surface area (Å²) in [7, 11) is 0. The summed E-state index contributed by atoms with van der Waals surface area (Å²) in [4.78, 5) is 24.5. The molecule has 5 heteroatoms. The number of carboxylic acid groups (broad SMARTS) is 1. The molecule has 0 saturated carbocycles. The van der Waals surface area contributed by atoms with Gasteiger partial charge in [-0.1, -0.05) is 11.6 Å². The van der Waals surface area contributed by atoms with Crippen molar-refractivity contribution < 1.29 is 14.7 Å². The van der Waals surface area contributed by atoms with Crippen LogP contribution in [0.15, 0.2) is 11.6 Å². The number of hydrogen-bond acceptors (Lipinski definition) is 2. The fourth-order valence-corrected chi connectivity index (χ4v) is 2.90. The first-order valence-electron chi connectivity index (χ1n) is 7.60. The van der Waals surface area contributed by atoms with Gasteiger partial charge in [-0.3, -0.25) is 4.79 Å². The van der Waals surface area contributed by atoms with Crippen LogP contribution in [-0.4, -0.2) is 41.6 Å². The number of nitrogens with one attached hydrogen (secondary N) is 1. The number of likely N-dealkylation sites (tertiary alicyclic amines) is 1. The maximum Gasteiger partial charge on any atom is 0.317 e. The maximum atomic E-state index is 12.0. The van der Waals surface area contributed by atoms with Crippen LogP contribution in [0.25, 0.3) is 0 Å². The number of urea groups is 1. The molecule has 1 aliphatic carbocycles. The Labute approximate surface area is 120 Å². The van der Waals surface area contributed by atoms with Crippen molar-refractivity contribution in [3.63, 3.8) is 0 Å². The van der Waals surface area contributed by atoms with Crippen LogP contribution in [0.5, 0.6) is 0 Å². The number of aliphatic carboxylic acids is 1. The molecule has 20 heavy (non-hydrogen) atoms. The van der Waals surface area contributed by atoms with Crippen LogP contribution in [0.3, 0.4) is 0 Å². The predicted molar refractivity (Wildman–Crippen MR) is 76.5 cm³/mol. The molecule has 0 spiro atoms. The third-order valence-corrected chi connectivity index (χ3v) is 4.24. The highest BCUT2D eigenvalue weighted by molar-refractivity contribution is 5.75. The van der Waals surface area contributed by atoms with Gasteiger partial charge in [-0.25, -0.2) is 4.79 Å². The molecule has 112 valence electrons. The van der Waals surface area contributed by atoms with Crippen molar-refractivity contribution in [3.05, 3.63) is 11.6 Å². The van der Waals surface area contributed by atoms with E-state index in [1.807, 2.05) is 0 Å². The van der Waals surface area contributed by atoms with Crippen LogP contribution < -0.4 is 5.32 Å². The van der Waals surface area contributed by atoms with E-state index < -0.39 is 5.97 Å². The first-order chi connectivity index (χ1) is 9.66. The average molecular weight is 280 g/mol. The van der Waals surface area contributed by atoms with Crippen LogP contribution in [0, 0.1) is 5.92 Å². The fraction of sp³-hybridized carbons (Fsp3) is 0.733. The molecule has 1 fully saturated rings. The number of allylic oxidation sites excluding steroid dienone is 1. The second-order valence-corrected chi connectivity index (χ2v) is 5.69. The lowest BCUT2D eigenvalue weighted by Gasteiger charge is -2.30. The van der Waals surface area contributed by atoms with Gasteiger partial charge in [0.1, 0.15) is 0 Å². The number of carboxylic acids is 1. The predicted octanol–water partition coefficient (Wildman–Crippen LogP) is 2.38. The minimum Gasteiger partial charge on any atom is -0.481 e. The van der Waals surface area contributed by atoms with Crippen molar-refractivity contribution in [2.75, 3.05) is 19.6 Å². The van der Waals surface area contributed by atoms with Gasteiger partial charge in [-0.2, -0.15) is 0 Å². The zero-order chi connectivity index (χ0) is 14.4. The van der Waals surface area contributed by atoms with Crippen LogP contribution in [0.1, 0.15) is 44.9 Å². The first-order valence-corrected chi connectivity index (χ1v) is 7.60. The Kier molecular flexibility index (Phi) is 5.44. The molecule has 5 nitrogen and oxygen atoms in total. The lowest BCUT2D eigenvalue weighted by molar-refractivity contribution is -0.143. The highest BCUT2D eigenvalue weighted by atomic mass is 16.4. The molecule has 0 unspecified atom stereocenters. The monoisotopic (exact) mass is 280 g/mol. The third kappa shape index (κ3) is 4.25. The van der Waals surface area contributed by atoms with Crippen molar-refractivity contribution in [2.45, 2.75) is 44.9 Å². The van der Waals surface area contributed by atoms with Crippen molar-refractivity contribution in [2.24, 2.45) is 5.92 Å². The van der Waals surface area contributed by atoms with Gasteiger partial charge in [0, 0.05) is 19.6 Å². The minimum absolute atomic E-state index is 0.0507. The van der Waals surface area contributed by atoms with E-state index in [1.165, 1.54) is 31.3 Å². The standard InChI is InChI=1S/C15H24N2O3/c18-14(19)13-7-10-17(11-8-13)15(20)16-9-6-12-4-2-1-3-5-12/h4,13H,1-3,5-11H2,(H,16,20)(H,18,19). The first kappa shape index (κ1) is 14.9. The molecular formula is C15H24N2O3. The van der Waals surface area contributed by atoms with Gasteiger partial charge < -0.3 is 15.3 Å². The quantitative estimate of drug-likeness (QED) is 0.777. The Hall–Kier alpha value is -1.52. The summed E-state index contributed by atoms with van der Waals surface area (Å²) in [5, 5.41) is 11.9. The number of piperidine rings is 1. The van der Waals surface area contributed by atoms with Crippen molar-refractivity contribution in [1.82, 2.24) is 10.2 Å². The van der Waals surface area contributed by atoms with E-state index in [2.05, 4.69) is 11.4 Å². The van der Waals surface area contributed by atoms with Gasteiger partial charge in [0.25, 0.3) is 0 Å². The number of amides is 2. The van der Waals surface area contributed by atoms with Gasteiger partial charge in [-0.15, -0.1) is 0 Å². The normalized spacial score (nSPS) is 20.4. The van der Waals surface area contributed by atoms with Crippen molar-refractivity contribution in [3.8, 4) is 0 Å². The summed E-state index contributed by atoms with van der Waals surface area (Å²) < 4.78 is 0. The molecule has 2 N–H and O–H groups in total. The summed E-state index contributed by atoms with van der Waals surface area (Å²) in [6.07, 6.45) is 9.26.